The van der Waals surface area contributed by atoms with E-state index in [4.69, 9.17) is 5.10 Å². The van der Waals surface area contributed by atoms with Crippen molar-refractivity contribution in [2.24, 2.45) is 5.92 Å². The van der Waals surface area contributed by atoms with Crippen molar-refractivity contribution in [2.45, 2.75) is 50.9 Å². The molecule has 3 heterocycles. The van der Waals surface area contributed by atoms with Gasteiger partial charge in [0, 0.05) is 42.2 Å². The van der Waals surface area contributed by atoms with Gasteiger partial charge in [-0.1, -0.05) is 31.4 Å². The van der Waals surface area contributed by atoms with Gasteiger partial charge in [-0.2, -0.15) is 4.68 Å². The van der Waals surface area contributed by atoms with Crippen molar-refractivity contribution >= 4 is 10.8 Å². The molecular weight excluding hydrogens is 362 g/mol. The van der Waals surface area contributed by atoms with E-state index in [0.717, 1.165) is 41.2 Å². The Labute approximate surface area is 171 Å². The van der Waals surface area contributed by atoms with E-state index in [-0.39, 0.29) is 5.69 Å². The Kier molecular flexibility index (Phi) is 5.19. The van der Waals surface area contributed by atoms with Crippen molar-refractivity contribution in [3.05, 3.63) is 53.0 Å². The molecule has 1 aliphatic heterocycles. The Hall–Kier alpha value is -2.47. The second-order valence-electron chi connectivity index (χ2n) is 8.70. The number of H-pyrrole nitrogens is 1. The number of nitrogens with one attached hydrogen (secondary N) is 1. The van der Waals surface area contributed by atoms with E-state index in [2.05, 4.69) is 14.9 Å². The van der Waals surface area contributed by atoms with Crippen molar-refractivity contribution in [1.82, 2.24) is 24.6 Å². The highest BCUT2D eigenvalue weighted by atomic mass is 16.1. The molecule has 1 unspecified atom stereocenters. The number of aromatic amines is 1. The quantitative estimate of drug-likeness (QED) is 0.733. The zero-order valence-electron chi connectivity index (χ0n) is 16.9. The summed E-state index contributed by atoms with van der Waals surface area (Å²) < 4.78 is 1.53. The van der Waals surface area contributed by atoms with Crippen LogP contribution in [-0.4, -0.2) is 44.3 Å². The molecule has 6 nitrogen and oxygen atoms in total. The van der Waals surface area contributed by atoms with Gasteiger partial charge in [0.1, 0.15) is 5.82 Å². The first-order chi connectivity index (χ1) is 14.3. The van der Waals surface area contributed by atoms with Crippen molar-refractivity contribution < 1.29 is 0 Å². The number of piperidine rings is 1. The number of hydrogen-bond donors (Lipinski definition) is 1. The molecule has 1 aliphatic carbocycles. The molecule has 5 rings (SSSR count). The fourth-order valence-corrected chi connectivity index (χ4v) is 5.16. The fourth-order valence-electron chi connectivity index (χ4n) is 5.16. The molecular formula is C23H29N5O. The van der Waals surface area contributed by atoms with Gasteiger partial charge in [-0.05, 0) is 50.3 Å². The smallest absolute Gasteiger partial charge is 0.302 e. The van der Waals surface area contributed by atoms with Gasteiger partial charge < -0.3 is 4.90 Å². The highest BCUT2D eigenvalue weighted by Crippen LogP contribution is 2.29. The summed E-state index contributed by atoms with van der Waals surface area (Å²) in [5.41, 5.74) is 0.654. The summed E-state index contributed by atoms with van der Waals surface area (Å²) in [4.78, 5) is 22.6. The number of benzene rings is 1. The fraction of sp³-hybridized carbons (Fsp3) is 0.522. The van der Waals surface area contributed by atoms with E-state index >= 15 is 0 Å². The van der Waals surface area contributed by atoms with Crippen LogP contribution in [0.2, 0.25) is 0 Å². The standard InChI is InChI=1S/C23H29N5O/c29-23-25-22(19-9-5-13-27(16-19)15-17-6-2-1-3-7-17)26-28(23)21-10-4-8-18-14-24-12-11-20(18)21/h4,8,10-12,14,17,19H,1-3,5-7,9,13,15-16H2,(H,25,26,29). The molecule has 2 fully saturated rings. The third kappa shape index (κ3) is 3.86. The molecule has 0 bridgehead atoms. The van der Waals surface area contributed by atoms with Crippen LogP contribution < -0.4 is 5.69 Å². The maximum atomic E-state index is 12.7. The minimum atomic E-state index is -0.159. The first-order valence-electron chi connectivity index (χ1n) is 11.0. The van der Waals surface area contributed by atoms with Gasteiger partial charge in [-0.3, -0.25) is 9.97 Å². The monoisotopic (exact) mass is 391 g/mol. The molecule has 0 amide bonds. The molecule has 1 aromatic carbocycles. The molecule has 0 radical (unpaired) electrons. The van der Waals surface area contributed by atoms with E-state index in [1.54, 1.807) is 6.20 Å². The molecule has 2 aromatic heterocycles. The zero-order valence-corrected chi connectivity index (χ0v) is 16.9. The van der Waals surface area contributed by atoms with Crippen LogP contribution in [0, 0.1) is 5.92 Å². The van der Waals surface area contributed by atoms with Crippen LogP contribution in [0.25, 0.3) is 16.5 Å². The second-order valence-corrected chi connectivity index (χ2v) is 8.70. The largest absolute Gasteiger partial charge is 0.348 e. The Bertz CT molecular complexity index is 1030. The average Bonchev–Trinajstić information content (AvgIpc) is 3.16. The van der Waals surface area contributed by atoms with Crippen molar-refractivity contribution in [3.8, 4) is 5.69 Å². The molecule has 0 spiro atoms. The van der Waals surface area contributed by atoms with Crippen molar-refractivity contribution in [2.75, 3.05) is 19.6 Å². The molecule has 2 aliphatic rings. The molecule has 1 saturated carbocycles. The van der Waals surface area contributed by atoms with Gasteiger partial charge >= 0.3 is 5.69 Å². The van der Waals surface area contributed by atoms with E-state index in [9.17, 15) is 4.79 Å². The van der Waals surface area contributed by atoms with Crippen LogP contribution in [0.5, 0.6) is 0 Å². The molecule has 1 N–H and O–H groups in total. The Morgan fingerprint density at radius 3 is 2.86 bits per heavy atom. The lowest BCUT2D eigenvalue weighted by molar-refractivity contribution is 0.158. The zero-order chi connectivity index (χ0) is 19.6. The summed E-state index contributed by atoms with van der Waals surface area (Å²) in [5, 5.41) is 6.74. The lowest BCUT2D eigenvalue weighted by Gasteiger charge is -2.35. The summed E-state index contributed by atoms with van der Waals surface area (Å²) in [6.45, 7) is 3.38. The first-order valence-corrected chi connectivity index (χ1v) is 11.0. The molecule has 1 saturated heterocycles. The highest BCUT2D eigenvalue weighted by molar-refractivity contribution is 5.89. The summed E-state index contributed by atoms with van der Waals surface area (Å²) in [5.74, 6) is 1.98. The van der Waals surface area contributed by atoms with Gasteiger partial charge in [0.05, 0.1) is 5.69 Å². The predicted molar refractivity (Wildman–Crippen MR) is 114 cm³/mol. The van der Waals surface area contributed by atoms with Gasteiger partial charge in [-0.25, -0.2) is 4.79 Å². The number of pyridine rings is 1. The van der Waals surface area contributed by atoms with E-state index in [0.29, 0.717) is 5.92 Å². The van der Waals surface area contributed by atoms with E-state index < -0.39 is 0 Å². The lowest BCUT2D eigenvalue weighted by Crippen LogP contribution is -2.38. The minimum Gasteiger partial charge on any atom is -0.302 e. The Morgan fingerprint density at radius 1 is 1.07 bits per heavy atom. The Morgan fingerprint density at radius 2 is 1.97 bits per heavy atom. The number of fused-ring (bicyclic) bond motifs is 1. The van der Waals surface area contributed by atoms with Gasteiger partial charge in [0.25, 0.3) is 0 Å². The van der Waals surface area contributed by atoms with Crippen LogP contribution in [0.4, 0.5) is 0 Å². The van der Waals surface area contributed by atoms with Crippen molar-refractivity contribution in [3.63, 3.8) is 0 Å². The van der Waals surface area contributed by atoms with Crippen LogP contribution in [0.1, 0.15) is 56.7 Å². The van der Waals surface area contributed by atoms with Crippen LogP contribution in [0.3, 0.4) is 0 Å². The maximum absolute atomic E-state index is 12.7. The molecule has 152 valence electrons. The van der Waals surface area contributed by atoms with Crippen molar-refractivity contribution in [1.29, 1.82) is 0 Å². The molecule has 3 aromatic rings. The number of aromatic nitrogens is 4. The molecule has 1 atom stereocenters. The van der Waals surface area contributed by atoms with Crippen LogP contribution in [-0.2, 0) is 0 Å². The minimum absolute atomic E-state index is 0.159. The van der Waals surface area contributed by atoms with E-state index in [1.165, 1.54) is 56.3 Å². The molecule has 6 heteroatoms. The summed E-state index contributed by atoms with van der Waals surface area (Å²) in [6, 6.07) is 7.85. The van der Waals surface area contributed by atoms with E-state index in [1.807, 2.05) is 30.5 Å². The topological polar surface area (TPSA) is 66.8 Å². The Balaban J connectivity index is 1.37. The first kappa shape index (κ1) is 18.6. The SMILES string of the molecule is O=c1[nH]c(C2CCCN(CC3CCCCC3)C2)nn1-c1cccc2cnccc12. The normalized spacial score (nSPS) is 21.6. The summed E-state index contributed by atoms with van der Waals surface area (Å²) >= 11 is 0. The summed E-state index contributed by atoms with van der Waals surface area (Å²) in [7, 11) is 0. The number of nitrogens with zero attached hydrogens (tertiary/aromatic N) is 4. The van der Waals surface area contributed by atoms with Crippen LogP contribution in [0.15, 0.2) is 41.5 Å². The second kappa shape index (κ2) is 8.11. The number of hydrogen-bond acceptors (Lipinski definition) is 4. The van der Waals surface area contributed by atoms with Gasteiger partial charge in [0.2, 0.25) is 0 Å². The third-order valence-electron chi connectivity index (χ3n) is 6.65. The lowest BCUT2D eigenvalue weighted by atomic mass is 9.88. The maximum Gasteiger partial charge on any atom is 0.348 e. The number of likely N-dealkylation sites (tertiary alicyclic amines) is 1. The van der Waals surface area contributed by atoms with Gasteiger partial charge in [-0.15, -0.1) is 5.10 Å². The summed E-state index contributed by atoms with van der Waals surface area (Å²) in [6.07, 6.45) is 12.8. The van der Waals surface area contributed by atoms with Gasteiger partial charge in [0.15, 0.2) is 0 Å². The highest BCUT2D eigenvalue weighted by Gasteiger charge is 2.27. The predicted octanol–water partition coefficient (Wildman–Crippen LogP) is 3.87. The number of rotatable bonds is 4. The third-order valence-corrected chi connectivity index (χ3v) is 6.65. The average molecular weight is 392 g/mol. The van der Waals surface area contributed by atoms with Crippen LogP contribution >= 0.6 is 0 Å². The molecule has 29 heavy (non-hydrogen) atoms.